The Balaban J connectivity index is 1.51. The van der Waals surface area contributed by atoms with Gasteiger partial charge in [0, 0.05) is 24.7 Å². The van der Waals surface area contributed by atoms with Crippen LogP contribution in [-0.4, -0.2) is 21.4 Å². The molecule has 1 aromatic carbocycles. The van der Waals surface area contributed by atoms with Crippen LogP contribution < -0.4 is 10.6 Å². The molecule has 1 aromatic heterocycles. The van der Waals surface area contributed by atoms with E-state index in [9.17, 15) is 13.2 Å². The number of hydrogen-bond donors (Lipinski definition) is 2. The van der Waals surface area contributed by atoms with Crippen LogP contribution in [0.3, 0.4) is 0 Å². The summed E-state index contributed by atoms with van der Waals surface area (Å²) < 4.78 is 40.6. The predicted octanol–water partition coefficient (Wildman–Crippen LogP) is 5.37. The predicted molar refractivity (Wildman–Crippen MR) is 109 cm³/mol. The number of thiocarbonyl (C=S) groups is 1. The van der Waals surface area contributed by atoms with Crippen molar-refractivity contribution in [2.45, 2.75) is 51.2 Å². The standard InChI is InChI=1S/C19H22ClF3N4S/c1-2-12-4-8-14(9-5-12)25-18(28)24-10-3-11-27-16(13-6-7-13)15(20)17(26-27)19(21,22)23/h4-5,8-9,13H,2-3,6-7,10-11H2,1H3,(H2,24,25,28). The monoisotopic (exact) mass is 430 g/mol. The van der Waals surface area contributed by atoms with E-state index < -0.39 is 11.9 Å². The molecule has 0 spiro atoms. The van der Waals surface area contributed by atoms with Crippen LogP contribution in [0.25, 0.3) is 0 Å². The van der Waals surface area contributed by atoms with E-state index in [0.29, 0.717) is 30.3 Å². The van der Waals surface area contributed by atoms with Crippen molar-refractivity contribution in [3.8, 4) is 0 Å². The third-order valence-corrected chi connectivity index (χ3v) is 5.24. The molecular formula is C19H22ClF3N4S. The molecule has 1 saturated carbocycles. The molecule has 4 nitrogen and oxygen atoms in total. The van der Waals surface area contributed by atoms with Crippen molar-refractivity contribution in [2.24, 2.45) is 0 Å². The van der Waals surface area contributed by atoms with Crippen LogP contribution in [-0.2, 0) is 19.1 Å². The molecule has 2 N–H and O–H groups in total. The lowest BCUT2D eigenvalue weighted by Gasteiger charge is -2.12. The quantitative estimate of drug-likeness (QED) is 0.457. The number of aromatic nitrogens is 2. The van der Waals surface area contributed by atoms with Crippen molar-refractivity contribution in [1.82, 2.24) is 15.1 Å². The Morgan fingerprint density at radius 1 is 1.29 bits per heavy atom. The second-order valence-corrected chi connectivity index (χ2v) is 7.61. The molecule has 0 atom stereocenters. The molecule has 0 radical (unpaired) electrons. The number of rotatable bonds is 7. The first-order valence-corrected chi connectivity index (χ1v) is 10.1. The zero-order valence-electron chi connectivity index (χ0n) is 15.4. The van der Waals surface area contributed by atoms with Gasteiger partial charge < -0.3 is 10.6 Å². The Hall–Kier alpha value is -1.80. The summed E-state index contributed by atoms with van der Waals surface area (Å²) in [6, 6.07) is 7.98. The Bertz CT molecular complexity index is 829. The topological polar surface area (TPSA) is 41.9 Å². The summed E-state index contributed by atoms with van der Waals surface area (Å²) in [6.07, 6.45) is -1.29. The molecule has 1 heterocycles. The minimum atomic E-state index is -4.54. The van der Waals surface area contributed by atoms with E-state index in [1.165, 1.54) is 10.2 Å². The molecule has 0 bridgehead atoms. The first-order valence-electron chi connectivity index (χ1n) is 9.26. The van der Waals surface area contributed by atoms with Crippen LogP contribution >= 0.6 is 23.8 Å². The Morgan fingerprint density at radius 3 is 2.54 bits per heavy atom. The van der Waals surface area contributed by atoms with E-state index in [4.69, 9.17) is 23.8 Å². The van der Waals surface area contributed by atoms with E-state index >= 15 is 0 Å². The molecule has 152 valence electrons. The first kappa shape index (κ1) is 20.9. The van der Waals surface area contributed by atoms with Gasteiger partial charge in [-0.1, -0.05) is 30.7 Å². The van der Waals surface area contributed by atoms with Gasteiger partial charge in [-0.25, -0.2) is 0 Å². The summed E-state index contributed by atoms with van der Waals surface area (Å²) in [5.41, 5.74) is 1.65. The van der Waals surface area contributed by atoms with E-state index in [0.717, 1.165) is 24.9 Å². The number of alkyl halides is 3. The summed E-state index contributed by atoms with van der Waals surface area (Å²) in [6.45, 7) is 2.96. The molecule has 0 saturated heterocycles. The lowest BCUT2D eigenvalue weighted by atomic mass is 10.1. The summed E-state index contributed by atoms with van der Waals surface area (Å²) in [7, 11) is 0. The third-order valence-electron chi connectivity index (χ3n) is 4.62. The lowest BCUT2D eigenvalue weighted by Crippen LogP contribution is -2.29. The van der Waals surface area contributed by atoms with Crippen LogP contribution in [0.1, 0.15) is 49.1 Å². The van der Waals surface area contributed by atoms with Crippen LogP contribution in [0.2, 0.25) is 5.02 Å². The van der Waals surface area contributed by atoms with E-state index in [-0.39, 0.29) is 10.9 Å². The van der Waals surface area contributed by atoms with Crippen LogP contribution in [0.5, 0.6) is 0 Å². The highest BCUT2D eigenvalue weighted by molar-refractivity contribution is 7.80. The molecule has 1 aliphatic carbocycles. The van der Waals surface area contributed by atoms with Crippen molar-refractivity contribution in [2.75, 3.05) is 11.9 Å². The van der Waals surface area contributed by atoms with Crippen LogP contribution in [0, 0.1) is 0 Å². The van der Waals surface area contributed by atoms with E-state index in [1.807, 2.05) is 24.3 Å². The number of anilines is 1. The van der Waals surface area contributed by atoms with E-state index in [1.54, 1.807) is 0 Å². The molecule has 0 unspecified atom stereocenters. The summed E-state index contributed by atoms with van der Waals surface area (Å²) in [5.74, 6) is 0.0814. The van der Waals surface area contributed by atoms with Gasteiger partial charge in [0.2, 0.25) is 0 Å². The third kappa shape index (κ3) is 5.17. The first-order chi connectivity index (χ1) is 13.3. The highest BCUT2D eigenvalue weighted by Crippen LogP contribution is 2.46. The molecule has 0 aliphatic heterocycles. The maximum absolute atomic E-state index is 13.1. The molecular weight excluding hydrogens is 409 g/mol. The number of aryl methyl sites for hydroxylation is 2. The highest BCUT2D eigenvalue weighted by Gasteiger charge is 2.41. The minimum absolute atomic E-state index is 0.0814. The van der Waals surface area contributed by atoms with Gasteiger partial charge in [0.15, 0.2) is 10.8 Å². The zero-order chi connectivity index (χ0) is 20.3. The highest BCUT2D eigenvalue weighted by atomic mass is 35.5. The largest absolute Gasteiger partial charge is 0.436 e. The SMILES string of the molecule is CCc1ccc(NC(=S)NCCCn2nc(C(F)(F)F)c(Cl)c2C2CC2)cc1. The number of hydrogen-bond acceptors (Lipinski definition) is 2. The minimum Gasteiger partial charge on any atom is -0.362 e. The normalized spacial score (nSPS) is 14.2. The summed E-state index contributed by atoms with van der Waals surface area (Å²) in [4.78, 5) is 0. The summed E-state index contributed by atoms with van der Waals surface area (Å²) in [5, 5.41) is 10.1. The Morgan fingerprint density at radius 2 is 1.96 bits per heavy atom. The van der Waals surface area contributed by atoms with Crippen molar-refractivity contribution >= 4 is 34.6 Å². The maximum atomic E-state index is 13.1. The van der Waals surface area contributed by atoms with Gasteiger partial charge in [-0.3, -0.25) is 4.68 Å². The molecule has 9 heteroatoms. The number of nitrogens with zero attached hydrogens (tertiary/aromatic N) is 2. The molecule has 2 aromatic rings. The van der Waals surface area contributed by atoms with Crippen LogP contribution in [0.4, 0.5) is 18.9 Å². The van der Waals surface area contributed by atoms with Gasteiger partial charge in [-0.05, 0) is 55.6 Å². The summed E-state index contributed by atoms with van der Waals surface area (Å²) >= 11 is 11.2. The van der Waals surface area contributed by atoms with Gasteiger partial charge >= 0.3 is 6.18 Å². The Labute approximate surface area is 172 Å². The Kier molecular flexibility index (Phi) is 6.50. The van der Waals surface area contributed by atoms with Crippen molar-refractivity contribution in [3.05, 3.63) is 46.2 Å². The molecule has 28 heavy (non-hydrogen) atoms. The number of benzene rings is 1. The average molecular weight is 431 g/mol. The molecule has 1 aliphatic rings. The van der Waals surface area contributed by atoms with Gasteiger partial charge in [0.05, 0.1) is 10.7 Å². The fourth-order valence-corrected chi connectivity index (χ4v) is 3.60. The number of halogens is 4. The second kappa shape index (κ2) is 8.69. The van der Waals surface area contributed by atoms with Crippen molar-refractivity contribution in [3.63, 3.8) is 0 Å². The van der Waals surface area contributed by atoms with E-state index in [2.05, 4.69) is 22.7 Å². The van der Waals surface area contributed by atoms with Crippen LogP contribution in [0.15, 0.2) is 24.3 Å². The zero-order valence-corrected chi connectivity index (χ0v) is 17.0. The molecule has 0 amide bonds. The number of nitrogens with one attached hydrogen (secondary N) is 2. The van der Waals surface area contributed by atoms with Gasteiger partial charge in [0.1, 0.15) is 0 Å². The van der Waals surface area contributed by atoms with Gasteiger partial charge in [0.25, 0.3) is 0 Å². The lowest BCUT2D eigenvalue weighted by molar-refractivity contribution is -0.141. The second-order valence-electron chi connectivity index (χ2n) is 6.83. The molecule has 3 rings (SSSR count). The smallest absolute Gasteiger partial charge is 0.362 e. The maximum Gasteiger partial charge on any atom is 0.436 e. The fourth-order valence-electron chi connectivity index (χ4n) is 2.98. The fraction of sp³-hybridized carbons (Fsp3) is 0.474. The van der Waals surface area contributed by atoms with Gasteiger partial charge in [-0.15, -0.1) is 0 Å². The van der Waals surface area contributed by atoms with Gasteiger partial charge in [-0.2, -0.15) is 18.3 Å². The molecule has 1 fully saturated rings. The van der Waals surface area contributed by atoms with Crippen molar-refractivity contribution in [1.29, 1.82) is 0 Å². The van der Waals surface area contributed by atoms with Crippen molar-refractivity contribution < 1.29 is 13.2 Å². The average Bonchev–Trinajstić information content (AvgIpc) is 3.41.